The Morgan fingerprint density at radius 2 is 2.10 bits per heavy atom. The molecule has 0 aliphatic carbocycles. The van der Waals surface area contributed by atoms with Gasteiger partial charge in [-0.15, -0.1) is 0 Å². The lowest BCUT2D eigenvalue weighted by atomic mass is 10.0. The summed E-state index contributed by atoms with van der Waals surface area (Å²) in [6, 6.07) is 4.23. The molecule has 3 heterocycles. The molecule has 0 radical (unpaired) electrons. The Morgan fingerprint density at radius 1 is 1.24 bits per heavy atom. The third kappa shape index (κ3) is 5.04. The first-order valence-electron chi connectivity index (χ1n) is 10.1. The number of urea groups is 1. The van der Waals surface area contributed by atoms with E-state index < -0.39 is 0 Å². The maximum absolute atomic E-state index is 12.1. The predicted molar refractivity (Wildman–Crippen MR) is 113 cm³/mol. The molecule has 3 atom stereocenters. The van der Waals surface area contributed by atoms with E-state index in [1.165, 1.54) is 0 Å². The van der Waals surface area contributed by atoms with E-state index in [2.05, 4.69) is 16.0 Å². The number of fused-ring (bicyclic) bond motifs is 2. The van der Waals surface area contributed by atoms with E-state index in [4.69, 9.17) is 21.1 Å². The molecule has 0 saturated carbocycles. The third-order valence-electron chi connectivity index (χ3n) is 5.47. The molecule has 2 saturated heterocycles. The van der Waals surface area contributed by atoms with Crippen LogP contribution in [0.5, 0.6) is 11.5 Å². The SMILES string of the molecule is O=C(CCCC[C@@H]1SC[C@@H]2NC(=O)N[C@@H]21)NCCc1cc(Cl)c2c(c1)OCCO2. The van der Waals surface area contributed by atoms with E-state index in [1.807, 2.05) is 23.9 Å². The van der Waals surface area contributed by atoms with Gasteiger partial charge in [0.25, 0.3) is 0 Å². The van der Waals surface area contributed by atoms with Crippen molar-refractivity contribution in [2.75, 3.05) is 25.5 Å². The summed E-state index contributed by atoms with van der Waals surface area (Å²) >= 11 is 8.16. The van der Waals surface area contributed by atoms with Gasteiger partial charge >= 0.3 is 6.03 Å². The van der Waals surface area contributed by atoms with Crippen molar-refractivity contribution in [1.82, 2.24) is 16.0 Å². The van der Waals surface area contributed by atoms with Crippen molar-refractivity contribution in [3.8, 4) is 11.5 Å². The number of amides is 3. The zero-order valence-corrected chi connectivity index (χ0v) is 17.7. The molecule has 0 bridgehead atoms. The molecule has 158 valence electrons. The fraction of sp³-hybridized carbons (Fsp3) is 0.600. The predicted octanol–water partition coefficient (Wildman–Crippen LogP) is 2.50. The summed E-state index contributed by atoms with van der Waals surface area (Å²) in [6.45, 7) is 1.59. The van der Waals surface area contributed by atoms with Gasteiger partial charge in [-0.2, -0.15) is 11.8 Å². The molecule has 0 spiro atoms. The minimum Gasteiger partial charge on any atom is -0.486 e. The van der Waals surface area contributed by atoms with Gasteiger partial charge in [-0.3, -0.25) is 4.79 Å². The summed E-state index contributed by atoms with van der Waals surface area (Å²) in [5.41, 5.74) is 1.01. The summed E-state index contributed by atoms with van der Waals surface area (Å²) in [7, 11) is 0. The summed E-state index contributed by atoms with van der Waals surface area (Å²) in [5.74, 6) is 2.32. The number of hydrogen-bond donors (Lipinski definition) is 3. The van der Waals surface area contributed by atoms with Crippen LogP contribution < -0.4 is 25.4 Å². The number of nitrogens with one attached hydrogen (secondary N) is 3. The van der Waals surface area contributed by atoms with Crippen LogP contribution in [0.1, 0.15) is 31.2 Å². The Hall–Kier alpha value is -1.80. The van der Waals surface area contributed by atoms with Crippen molar-refractivity contribution in [3.63, 3.8) is 0 Å². The number of hydrogen-bond acceptors (Lipinski definition) is 5. The zero-order chi connectivity index (χ0) is 20.2. The molecule has 3 N–H and O–H groups in total. The van der Waals surface area contributed by atoms with Crippen LogP contribution in [0.25, 0.3) is 0 Å². The molecule has 3 amide bonds. The second-order valence-electron chi connectivity index (χ2n) is 7.57. The van der Waals surface area contributed by atoms with Gasteiger partial charge in [0, 0.05) is 24.0 Å². The normalized spacial score (nSPS) is 24.6. The average Bonchev–Trinajstić information content (AvgIpc) is 3.25. The van der Waals surface area contributed by atoms with Crippen molar-refractivity contribution in [2.24, 2.45) is 0 Å². The number of benzene rings is 1. The molecule has 0 unspecified atom stereocenters. The summed E-state index contributed by atoms with van der Waals surface area (Å²) in [6.07, 6.45) is 4.09. The highest BCUT2D eigenvalue weighted by Gasteiger charge is 2.42. The van der Waals surface area contributed by atoms with Crippen molar-refractivity contribution < 1.29 is 19.1 Å². The lowest BCUT2D eigenvalue weighted by molar-refractivity contribution is -0.121. The smallest absolute Gasteiger partial charge is 0.315 e. The van der Waals surface area contributed by atoms with E-state index >= 15 is 0 Å². The van der Waals surface area contributed by atoms with E-state index in [0.717, 1.165) is 30.6 Å². The molecule has 7 nitrogen and oxygen atoms in total. The van der Waals surface area contributed by atoms with Gasteiger partial charge in [0.2, 0.25) is 5.91 Å². The lowest BCUT2D eigenvalue weighted by Gasteiger charge is -2.20. The standard InChI is InChI=1S/C20H26ClN3O4S/c21-13-9-12(10-15-19(13)28-8-7-27-15)5-6-22-17(25)4-2-1-3-16-18-14(11-29-16)23-20(26)24-18/h9-10,14,16,18H,1-8,11H2,(H,22,25)(H2,23,24,26)/t14-,16-,18-/m0/s1. The highest BCUT2D eigenvalue weighted by atomic mass is 35.5. The Balaban J connectivity index is 1.12. The number of carbonyl (C=O) groups excluding carboxylic acids is 2. The number of carbonyl (C=O) groups is 2. The molecule has 1 aromatic carbocycles. The minimum atomic E-state index is -0.0519. The monoisotopic (exact) mass is 439 g/mol. The van der Waals surface area contributed by atoms with Gasteiger partial charge in [0.1, 0.15) is 13.2 Å². The van der Waals surface area contributed by atoms with E-state index in [9.17, 15) is 9.59 Å². The van der Waals surface area contributed by atoms with Gasteiger partial charge in [-0.1, -0.05) is 18.0 Å². The number of halogens is 1. The van der Waals surface area contributed by atoms with Crippen LogP contribution in [-0.4, -0.2) is 54.8 Å². The molecule has 2 fully saturated rings. The Labute approximate surface area is 179 Å². The first-order valence-corrected chi connectivity index (χ1v) is 11.6. The zero-order valence-electron chi connectivity index (χ0n) is 16.2. The van der Waals surface area contributed by atoms with Crippen LogP contribution in [0.3, 0.4) is 0 Å². The van der Waals surface area contributed by atoms with E-state index in [0.29, 0.717) is 54.4 Å². The lowest BCUT2D eigenvalue weighted by Crippen LogP contribution is -2.36. The van der Waals surface area contributed by atoms with Crippen LogP contribution in [0, 0.1) is 0 Å². The van der Waals surface area contributed by atoms with Crippen LogP contribution in [0.15, 0.2) is 12.1 Å². The van der Waals surface area contributed by atoms with Crippen molar-refractivity contribution in [3.05, 3.63) is 22.7 Å². The van der Waals surface area contributed by atoms with Crippen molar-refractivity contribution >= 4 is 35.3 Å². The number of thioether (sulfide) groups is 1. The van der Waals surface area contributed by atoms with Gasteiger partial charge in [-0.25, -0.2) is 4.79 Å². The highest BCUT2D eigenvalue weighted by molar-refractivity contribution is 8.00. The molecule has 29 heavy (non-hydrogen) atoms. The maximum atomic E-state index is 12.1. The van der Waals surface area contributed by atoms with E-state index in [-0.39, 0.29) is 24.0 Å². The summed E-state index contributed by atoms with van der Waals surface area (Å²) in [5, 5.41) is 9.93. The van der Waals surface area contributed by atoms with Crippen LogP contribution >= 0.6 is 23.4 Å². The fourth-order valence-corrected chi connectivity index (χ4v) is 5.85. The number of unbranched alkanes of at least 4 members (excludes halogenated alkanes) is 1. The van der Waals surface area contributed by atoms with Gasteiger partial charge in [-0.05, 0) is 37.0 Å². The Morgan fingerprint density at radius 3 is 3.00 bits per heavy atom. The van der Waals surface area contributed by atoms with Crippen LogP contribution in [-0.2, 0) is 11.2 Å². The number of ether oxygens (including phenoxy) is 2. The average molecular weight is 440 g/mol. The topological polar surface area (TPSA) is 88.7 Å². The van der Waals surface area contributed by atoms with Crippen molar-refractivity contribution in [1.29, 1.82) is 0 Å². The van der Waals surface area contributed by atoms with Gasteiger partial charge in [0.15, 0.2) is 11.5 Å². The highest BCUT2D eigenvalue weighted by Crippen LogP contribution is 2.38. The first kappa shape index (κ1) is 20.5. The molecular formula is C20H26ClN3O4S. The summed E-state index contributed by atoms with van der Waals surface area (Å²) in [4.78, 5) is 23.5. The molecule has 4 rings (SSSR count). The second-order valence-corrected chi connectivity index (χ2v) is 9.25. The molecule has 3 aliphatic heterocycles. The van der Waals surface area contributed by atoms with Gasteiger partial charge in [0.05, 0.1) is 17.1 Å². The first-order chi connectivity index (χ1) is 14.1. The number of rotatable bonds is 8. The van der Waals surface area contributed by atoms with Crippen molar-refractivity contribution in [2.45, 2.75) is 49.4 Å². The van der Waals surface area contributed by atoms with E-state index in [1.54, 1.807) is 0 Å². The van der Waals surface area contributed by atoms with Crippen LogP contribution in [0.2, 0.25) is 5.02 Å². The summed E-state index contributed by atoms with van der Waals surface area (Å²) < 4.78 is 11.1. The Kier molecular flexibility index (Phi) is 6.60. The van der Waals surface area contributed by atoms with Gasteiger partial charge < -0.3 is 25.4 Å². The molecule has 9 heteroatoms. The molecule has 0 aromatic heterocycles. The van der Waals surface area contributed by atoms with Crippen LogP contribution in [0.4, 0.5) is 4.79 Å². The third-order valence-corrected chi connectivity index (χ3v) is 7.26. The Bertz CT molecular complexity index is 778. The molecular weight excluding hydrogens is 414 g/mol. The molecule has 1 aromatic rings. The largest absolute Gasteiger partial charge is 0.486 e. The minimum absolute atomic E-state index is 0.0519. The maximum Gasteiger partial charge on any atom is 0.315 e. The molecule has 3 aliphatic rings. The second kappa shape index (κ2) is 9.34. The fourth-order valence-electron chi connectivity index (χ4n) is 4.02. The quantitative estimate of drug-likeness (QED) is 0.428.